The minimum absolute atomic E-state index is 0.224. The Bertz CT molecular complexity index is 540. The predicted molar refractivity (Wildman–Crippen MR) is 89.8 cm³/mol. The van der Waals surface area contributed by atoms with Crippen LogP contribution in [0.2, 0.25) is 0 Å². The molecule has 6 heteroatoms. The maximum absolute atomic E-state index is 12.4. The topological polar surface area (TPSA) is 55.6 Å². The molecule has 1 atom stereocenters. The highest BCUT2D eigenvalue weighted by atomic mass is 32.2. The van der Waals surface area contributed by atoms with E-state index in [1.165, 1.54) is 0 Å². The lowest BCUT2D eigenvalue weighted by molar-refractivity contribution is 0.0385. The van der Waals surface area contributed by atoms with Crippen molar-refractivity contribution in [1.82, 2.24) is 0 Å². The Balaban J connectivity index is 1.90. The molecule has 116 valence electrons. The van der Waals surface area contributed by atoms with Gasteiger partial charge in [-0.15, -0.1) is 23.1 Å². The van der Waals surface area contributed by atoms with Crippen LogP contribution in [0.25, 0.3) is 0 Å². The van der Waals surface area contributed by atoms with Crippen molar-refractivity contribution in [3.63, 3.8) is 0 Å². The Labute approximate surface area is 134 Å². The minimum Gasteiger partial charge on any atom is -0.396 e. The van der Waals surface area contributed by atoms with Gasteiger partial charge in [-0.2, -0.15) is 0 Å². The van der Waals surface area contributed by atoms with Crippen LogP contribution in [-0.2, 0) is 4.74 Å². The van der Waals surface area contributed by atoms with Gasteiger partial charge >= 0.3 is 0 Å². The molecule has 1 unspecified atom stereocenters. The number of ether oxygens (including phenoxy) is 1. The van der Waals surface area contributed by atoms with Crippen molar-refractivity contribution >= 4 is 39.6 Å². The fourth-order valence-corrected chi connectivity index (χ4v) is 4.92. The molecule has 2 fully saturated rings. The Morgan fingerprint density at radius 3 is 2.90 bits per heavy atom. The van der Waals surface area contributed by atoms with Gasteiger partial charge in [0.2, 0.25) is 0 Å². The van der Waals surface area contributed by atoms with Crippen LogP contribution >= 0.6 is 23.1 Å². The van der Waals surface area contributed by atoms with E-state index >= 15 is 0 Å². The number of thiophene rings is 1. The van der Waals surface area contributed by atoms with E-state index < -0.39 is 0 Å². The van der Waals surface area contributed by atoms with Crippen molar-refractivity contribution < 1.29 is 9.53 Å². The second kappa shape index (κ2) is 6.18. The molecule has 1 aliphatic carbocycles. The molecule has 1 saturated carbocycles. The van der Waals surface area contributed by atoms with Gasteiger partial charge in [0.25, 0.3) is 0 Å². The second-order valence-corrected chi connectivity index (χ2v) is 7.48. The maximum atomic E-state index is 12.4. The van der Waals surface area contributed by atoms with E-state index in [4.69, 9.17) is 10.5 Å². The fraction of sp³-hybridized carbons (Fsp3) is 0.667. The van der Waals surface area contributed by atoms with Crippen LogP contribution in [0, 0.1) is 5.92 Å². The van der Waals surface area contributed by atoms with Crippen molar-refractivity contribution in [3.05, 3.63) is 4.88 Å². The third-order valence-corrected chi connectivity index (χ3v) is 6.37. The lowest BCUT2D eigenvalue weighted by Gasteiger charge is -2.33. The molecule has 3 rings (SSSR count). The summed E-state index contributed by atoms with van der Waals surface area (Å²) in [4.78, 5) is 16.6. The SMILES string of the molecule is CCC1CN(c2sc(C(=O)C3CC3)c(N)c2SC)CCO1. The minimum atomic E-state index is 0.224. The van der Waals surface area contributed by atoms with Gasteiger partial charge in [-0.25, -0.2) is 0 Å². The number of nitrogen functional groups attached to an aromatic ring is 1. The molecule has 1 aromatic heterocycles. The number of hydrogen-bond acceptors (Lipinski definition) is 6. The highest BCUT2D eigenvalue weighted by Gasteiger charge is 2.35. The molecule has 0 radical (unpaired) electrons. The lowest BCUT2D eigenvalue weighted by Crippen LogP contribution is -2.42. The van der Waals surface area contributed by atoms with Gasteiger partial charge in [0, 0.05) is 19.0 Å². The van der Waals surface area contributed by atoms with E-state index in [9.17, 15) is 4.79 Å². The van der Waals surface area contributed by atoms with Crippen molar-refractivity contribution in [2.75, 3.05) is 36.6 Å². The summed E-state index contributed by atoms with van der Waals surface area (Å²) in [5.74, 6) is 0.473. The van der Waals surface area contributed by atoms with Crippen LogP contribution in [0.5, 0.6) is 0 Å². The van der Waals surface area contributed by atoms with Crippen LogP contribution in [0.1, 0.15) is 35.9 Å². The Morgan fingerprint density at radius 1 is 1.52 bits per heavy atom. The van der Waals surface area contributed by atoms with Crippen molar-refractivity contribution in [2.24, 2.45) is 5.92 Å². The number of nitrogens with zero attached hydrogens (tertiary/aromatic N) is 1. The average Bonchev–Trinajstić information content (AvgIpc) is 3.30. The van der Waals surface area contributed by atoms with Crippen LogP contribution in [0.15, 0.2) is 4.90 Å². The van der Waals surface area contributed by atoms with Crippen LogP contribution in [-0.4, -0.2) is 37.8 Å². The van der Waals surface area contributed by atoms with Gasteiger partial charge in [0.1, 0.15) is 5.00 Å². The molecule has 0 aromatic carbocycles. The molecule has 4 nitrogen and oxygen atoms in total. The number of hydrogen-bond donors (Lipinski definition) is 1. The molecule has 2 aliphatic rings. The monoisotopic (exact) mass is 326 g/mol. The van der Waals surface area contributed by atoms with E-state index in [0.717, 1.165) is 53.7 Å². The molecule has 1 aromatic rings. The largest absolute Gasteiger partial charge is 0.396 e. The van der Waals surface area contributed by atoms with E-state index in [1.54, 1.807) is 23.1 Å². The van der Waals surface area contributed by atoms with E-state index in [0.29, 0.717) is 5.69 Å². The van der Waals surface area contributed by atoms with Crippen LogP contribution in [0.4, 0.5) is 10.7 Å². The van der Waals surface area contributed by atoms with Crippen LogP contribution in [0.3, 0.4) is 0 Å². The average molecular weight is 326 g/mol. The number of rotatable bonds is 5. The highest BCUT2D eigenvalue weighted by molar-refractivity contribution is 7.99. The quantitative estimate of drug-likeness (QED) is 0.665. The van der Waals surface area contributed by atoms with E-state index in [2.05, 4.69) is 11.8 Å². The number of carbonyl (C=O) groups excluding carboxylic acids is 1. The second-order valence-electron chi connectivity index (χ2n) is 5.67. The normalized spacial score (nSPS) is 22.6. The van der Waals surface area contributed by atoms with E-state index in [-0.39, 0.29) is 17.8 Å². The lowest BCUT2D eigenvalue weighted by atomic mass is 10.2. The molecule has 2 N–H and O–H groups in total. The van der Waals surface area contributed by atoms with Crippen molar-refractivity contribution in [3.8, 4) is 0 Å². The fourth-order valence-electron chi connectivity index (χ4n) is 2.69. The summed E-state index contributed by atoms with van der Waals surface area (Å²) < 4.78 is 5.74. The molecule has 1 aliphatic heterocycles. The summed E-state index contributed by atoms with van der Waals surface area (Å²) in [6.07, 6.45) is 5.37. The standard InChI is InChI=1S/C15H22N2O2S2/c1-3-10-8-17(6-7-19-10)15-14(20-2)11(16)13(21-15)12(18)9-4-5-9/h9-10H,3-8,16H2,1-2H3. The number of anilines is 2. The third kappa shape index (κ3) is 2.94. The first-order valence-corrected chi connectivity index (χ1v) is 9.56. The van der Waals surface area contributed by atoms with Gasteiger partial charge in [-0.1, -0.05) is 6.92 Å². The number of morpholine rings is 1. The number of thioether (sulfide) groups is 1. The zero-order chi connectivity index (χ0) is 15.0. The molecular weight excluding hydrogens is 304 g/mol. The molecule has 0 spiro atoms. The zero-order valence-electron chi connectivity index (χ0n) is 12.6. The summed E-state index contributed by atoms with van der Waals surface area (Å²) in [7, 11) is 0. The van der Waals surface area contributed by atoms with Gasteiger partial charge in [-0.3, -0.25) is 4.79 Å². The molecule has 21 heavy (non-hydrogen) atoms. The summed E-state index contributed by atoms with van der Waals surface area (Å²) in [5.41, 5.74) is 6.96. The first kappa shape index (κ1) is 15.2. The number of nitrogens with two attached hydrogens (primary N) is 1. The smallest absolute Gasteiger partial charge is 0.178 e. The number of ketones is 1. The molecule has 1 saturated heterocycles. The Morgan fingerprint density at radius 2 is 2.29 bits per heavy atom. The maximum Gasteiger partial charge on any atom is 0.178 e. The summed E-state index contributed by atoms with van der Waals surface area (Å²) >= 11 is 3.23. The number of carbonyl (C=O) groups is 1. The van der Waals surface area contributed by atoms with Gasteiger partial charge < -0.3 is 15.4 Å². The predicted octanol–water partition coefficient (Wildman–Crippen LogP) is 3.26. The van der Waals surface area contributed by atoms with Gasteiger partial charge in [-0.05, 0) is 25.5 Å². The molecule has 0 bridgehead atoms. The third-order valence-electron chi connectivity index (χ3n) is 4.14. The van der Waals surface area contributed by atoms with Gasteiger partial charge in [0.05, 0.1) is 28.2 Å². The molecular formula is C15H22N2O2S2. The summed E-state index contributed by atoms with van der Waals surface area (Å²) in [5, 5.41) is 1.16. The molecule has 2 heterocycles. The first-order chi connectivity index (χ1) is 10.2. The van der Waals surface area contributed by atoms with Gasteiger partial charge in [0.15, 0.2) is 5.78 Å². The Kier molecular flexibility index (Phi) is 4.47. The van der Waals surface area contributed by atoms with Crippen molar-refractivity contribution in [1.29, 1.82) is 0 Å². The number of Topliss-reactive ketones (excluding diaryl/α,β-unsaturated/α-hetero) is 1. The van der Waals surface area contributed by atoms with E-state index in [1.807, 2.05) is 6.26 Å². The molecule has 0 amide bonds. The highest BCUT2D eigenvalue weighted by Crippen LogP contribution is 2.47. The zero-order valence-corrected chi connectivity index (χ0v) is 14.2. The van der Waals surface area contributed by atoms with Crippen LogP contribution < -0.4 is 10.6 Å². The Hall–Kier alpha value is -0.720. The summed E-state index contributed by atoms with van der Waals surface area (Å²) in [6, 6.07) is 0. The summed E-state index contributed by atoms with van der Waals surface area (Å²) in [6.45, 7) is 4.66. The first-order valence-electron chi connectivity index (χ1n) is 7.52. The van der Waals surface area contributed by atoms with Crippen molar-refractivity contribution in [2.45, 2.75) is 37.2 Å².